The van der Waals surface area contributed by atoms with Gasteiger partial charge in [0.1, 0.15) is 0 Å². The Labute approximate surface area is 97.4 Å². The molecule has 2 aromatic heterocycles. The smallest absolute Gasteiger partial charge is 0.303 e. The second-order valence-electron chi connectivity index (χ2n) is 3.39. The molecule has 0 aromatic carbocycles. The topological polar surface area (TPSA) is 88.9 Å². The summed E-state index contributed by atoms with van der Waals surface area (Å²) in [5.74, 6) is -0.860. The van der Waals surface area contributed by atoms with Crippen LogP contribution in [-0.4, -0.2) is 31.5 Å². The molecule has 0 saturated carbocycles. The van der Waals surface area contributed by atoms with E-state index < -0.39 is 5.97 Å². The molecule has 6 heteroatoms. The normalized spacial score (nSPS) is 10.1. The number of carboxylic acid groups (broad SMARTS) is 1. The van der Waals surface area contributed by atoms with Crippen LogP contribution in [-0.2, 0) is 11.2 Å². The Morgan fingerprint density at radius 1 is 1.18 bits per heavy atom. The van der Waals surface area contributed by atoms with Gasteiger partial charge in [0.15, 0.2) is 0 Å². The molecule has 0 unspecified atom stereocenters. The lowest BCUT2D eigenvalue weighted by atomic mass is 10.1. The van der Waals surface area contributed by atoms with Crippen LogP contribution >= 0.6 is 0 Å². The van der Waals surface area contributed by atoms with Crippen molar-refractivity contribution in [2.75, 3.05) is 0 Å². The van der Waals surface area contributed by atoms with Crippen LogP contribution < -0.4 is 0 Å². The maximum atomic E-state index is 10.5. The van der Waals surface area contributed by atoms with Gasteiger partial charge in [-0.1, -0.05) is 0 Å². The summed E-state index contributed by atoms with van der Waals surface area (Å²) >= 11 is 0. The number of hydrogen-bond donors (Lipinski definition) is 1. The summed E-state index contributed by atoms with van der Waals surface area (Å²) in [5, 5.41) is 24.1. The second-order valence-corrected chi connectivity index (χ2v) is 3.39. The molecule has 0 aliphatic heterocycles. The van der Waals surface area contributed by atoms with Gasteiger partial charge in [0.25, 0.3) is 0 Å². The zero-order valence-electron chi connectivity index (χ0n) is 8.95. The van der Waals surface area contributed by atoms with Crippen LogP contribution in [0.1, 0.15) is 12.1 Å². The first-order valence-electron chi connectivity index (χ1n) is 5.08. The fourth-order valence-electron chi connectivity index (χ4n) is 1.45. The number of carbonyl (C=O) groups is 1. The van der Waals surface area contributed by atoms with Crippen LogP contribution in [0.2, 0.25) is 0 Å². The number of carboxylic acids is 1. The Morgan fingerprint density at radius 3 is 2.71 bits per heavy atom. The van der Waals surface area contributed by atoms with Crippen LogP contribution in [0.4, 0.5) is 0 Å². The van der Waals surface area contributed by atoms with Gasteiger partial charge in [0, 0.05) is 18.2 Å². The van der Waals surface area contributed by atoms with Crippen LogP contribution in [0.25, 0.3) is 11.3 Å². The monoisotopic (exact) mass is 230 g/mol. The van der Waals surface area contributed by atoms with Crippen LogP contribution in [0.15, 0.2) is 30.6 Å². The van der Waals surface area contributed by atoms with Gasteiger partial charge in [-0.05, 0) is 18.2 Å². The highest BCUT2D eigenvalue weighted by molar-refractivity contribution is 5.68. The molecule has 0 amide bonds. The number of aryl methyl sites for hydroxylation is 1. The van der Waals surface area contributed by atoms with Crippen molar-refractivity contribution in [2.45, 2.75) is 12.8 Å². The summed E-state index contributed by atoms with van der Waals surface area (Å²) in [6.45, 7) is 0. The molecule has 2 rings (SSSR count). The molecular weight excluding hydrogens is 220 g/mol. The highest BCUT2D eigenvalue weighted by Crippen LogP contribution is 2.19. The SMILES string of the molecule is O=C(O)CCc1nnccc1-c1cccnn1. The lowest BCUT2D eigenvalue weighted by molar-refractivity contribution is -0.136. The summed E-state index contributed by atoms with van der Waals surface area (Å²) in [4.78, 5) is 10.5. The largest absolute Gasteiger partial charge is 0.481 e. The first kappa shape index (κ1) is 11.1. The Kier molecular flexibility index (Phi) is 3.34. The number of aromatic nitrogens is 4. The summed E-state index contributed by atoms with van der Waals surface area (Å²) in [7, 11) is 0. The maximum absolute atomic E-state index is 10.5. The summed E-state index contributed by atoms with van der Waals surface area (Å²) in [6, 6.07) is 5.33. The van der Waals surface area contributed by atoms with Crippen molar-refractivity contribution in [2.24, 2.45) is 0 Å². The van der Waals surface area contributed by atoms with Gasteiger partial charge in [-0.15, -0.1) is 0 Å². The Hall–Kier alpha value is -2.37. The van der Waals surface area contributed by atoms with Crippen molar-refractivity contribution < 1.29 is 9.90 Å². The highest BCUT2D eigenvalue weighted by atomic mass is 16.4. The van der Waals surface area contributed by atoms with Crippen molar-refractivity contribution in [3.63, 3.8) is 0 Å². The third kappa shape index (κ3) is 2.81. The lowest BCUT2D eigenvalue weighted by Crippen LogP contribution is -2.03. The van der Waals surface area contributed by atoms with Gasteiger partial charge in [0.2, 0.25) is 0 Å². The minimum Gasteiger partial charge on any atom is -0.481 e. The molecule has 0 spiro atoms. The van der Waals surface area contributed by atoms with Gasteiger partial charge < -0.3 is 5.11 Å². The minimum atomic E-state index is -0.860. The van der Waals surface area contributed by atoms with Gasteiger partial charge in [-0.2, -0.15) is 20.4 Å². The molecular formula is C11H10N4O2. The van der Waals surface area contributed by atoms with E-state index in [1.165, 1.54) is 0 Å². The van der Waals surface area contributed by atoms with E-state index in [0.29, 0.717) is 17.8 Å². The molecule has 2 heterocycles. The van der Waals surface area contributed by atoms with Gasteiger partial charge in [-0.25, -0.2) is 0 Å². The molecule has 0 saturated heterocycles. The summed E-state index contributed by atoms with van der Waals surface area (Å²) in [6.07, 6.45) is 3.48. The molecule has 86 valence electrons. The lowest BCUT2D eigenvalue weighted by Gasteiger charge is -2.04. The minimum absolute atomic E-state index is 0.0198. The number of aliphatic carboxylic acids is 1. The van der Waals surface area contributed by atoms with Gasteiger partial charge in [-0.3, -0.25) is 4.79 Å². The number of nitrogens with zero attached hydrogens (tertiary/aromatic N) is 4. The number of rotatable bonds is 4. The molecule has 0 fully saturated rings. The second kappa shape index (κ2) is 5.11. The van der Waals surface area contributed by atoms with Crippen LogP contribution in [0.3, 0.4) is 0 Å². The van der Waals surface area contributed by atoms with E-state index in [2.05, 4.69) is 20.4 Å². The molecule has 0 aliphatic carbocycles. The first-order valence-corrected chi connectivity index (χ1v) is 5.08. The Balaban J connectivity index is 2.31. The average Bonchev–Trinajstić information content (AvgIpc) is 2.38. The molecule has 1 N–H and O–H groups in total. The molecule has 6 nitrogen and oxygen atoms in total. The fourth-order valence-corrected chi connectivity index (χ4v) is 1.45. The summed E-state index contributed by atoms with van der Waals surface area (Å²) < 4.78 is 0. The van der Waals surface area contributed by atoms with Crippen molar-refractivity contribution in [1.29, 1.82) is 0 Å². The summed E-state index contributed by atoms with van der Waals surface area (Å²) in [5.41, 5.74) is 2.06. The Morgan fingerprint density at radius 2 is 2.00 bits per heavy atom. The quantitative estimate of drug-likeness (QED) is 0.841. The third-order valence-electron chi connectivity index (χ3n) is 2.22. The Bertz CT molecular complexity index is 516. The van der Waals surface area contributed by atoms with E-state index in [0.717, 1.165) is 5.56 Å². The van der Waals surface area contributed by atoms with Crippen molar-refractivity contribution >= 4 is 5.97 Å². The first-order chi connectivity index (χ1) is 8.27. The van der Waals surface area contributed by atoms with E-state index in [1.54, 1.807) is 30.6 Å². The maximum Gasteiger partial charge on any atom is 0.303 e. The molecule has 17 heavy (non-hydrogen) atoms. The molecule has 0 bridgehead atoms. The van der Waals surface area contributed by atoms with E-state index >= 15 is 0 Å². The van der Waals surface area contributed by atoms with Crippen molar-refractivity contribution in [1.82, 2.24) is 20.4 Å². The highest BCUT2D eigenvalue weighted by Gasteiger charge is 2.09. The van der Waals surface area contributed by atoms with Crippen molar-refractivity contribution in [3.8, 4) is 11.3 Å². The third-order valence-corrected chi connectivity index (χ3v) is 2.22. The van der Waals surface area contributed by atoms with Crippen LogP contribution in [0.5, 0.6) is 0 Å². The predicted octanol–water partition coefficient (Wildman–Crippen LogP) is 0.951. The van der Waals surface area contributed by atoms with E-state index in [9.17, 15) is 4.79 Å². The molecule has 2 aromatic rings. The van der Waals surface area contributed by atoms with Crippen LogP contribution in [0, 0.1) is 0 Å². The van der Waals surface area contributed by atoms with Gasteiger partial charge >= 0.3 is 5.97 Å². The average molecular weight is 230 g/mol. The molecule has 0 radical (unpaired) electrons. The number of hydrogen-bond acceptors (Lipinski definition) is 5. The zero-order chi connectivity index (χ0) is 12.1. The van der Waals surface area contributed by atoms with Gasteiger partial charge in [0.05, 0.1) is 24.0 Å². The van der Waals surface area contributed by atoms with E-state index in [4.69, 9.17) is 5.11 Å². The van der Waals surface area contributed by atoms with Crippen molar-refractivity contribution in [3.05, 3.63) is 36.3 Å². The zero-order valence-corrected chi connectivity index (χ0v) is 8.95. The molecule has 0 aliphatic rings. The van der Waals surface area contributed by atoms with E-state index in [1.807, 2.05) is 0 Å². The predicted molar refractivity (Wildman–Crippen MR) is 59.0 cm³/mol. The fraction of sp³-hybridized carbons (Fsp3) is 0.182. The molecule has 0 atom stereocenters. The van der Waals surface area contributed by atoms with E-state index in [-0.39, 0.29) is 6.42 Å². The standard InChI is InChI=1S/C11H10N4O2/c16-11(17)4-3-10-8(5-7-13-15-10)9-2-1-6-12-14-9/h1-2,5-7H,3-4H2,(H,16,17).